The number of pyridine rings is 1. The van der Waals surface area contributed by atoms with Gasteiger partial charge in [0.25, 0.3) is 5.89 Å². The highest BCUT2D eigenvalue weighted by Crippen LogP contribution is 2.37. The molecule has 4 aromatic rings. The molecular weight excluding hydrogens is 366 g/mol. The summed E-state index contributed by atoms with van der Waals surface area (Å²) in [6.07, 6.45) is 4.60. The maximum atomic E-state index is 6.28. The highest BCUT2D eigenvalue weighted by molar-refractivity contribution is 5.86. The van der Waals surface area contributed by atoms with Crippen LogP contribution in [0.5, 0.6) is 0 Å². The summed E-state index contributed by atoms with van der Waals surface area (Å²) in [7, 11) is 0. The van der Waals surface area contributed by atoms with Crippen molar-refractivity contribution in [1.82, 2.24) is 30.1 Å². The fraction of sp³-hybridized carbons (Fsp3) is 0.278. The van der Waals surface area contributed by atoms with E-state index in [2.05, 4.69) is 25.4 Å². The summed E-state index contributed by atoms with van der Waals surface area (Å²) in [6, 6.07) is 9.88. The molecule has 2 N–H and O–H groups in total. The van der Waals surface area contributed by atoms with Crippen LogP contribution in [0.25, 0.3) is 28.2 Å². The second kappa shape index (κ2) is 6.40. The molecule has 0 unspecified atom stereocenters. The molecule has 0 amide bonds. The average molecular weight is 384 g/mol. The fourth-order valence-corrected chi connectivity index (χ4v) is 3.32. The second-order valence-electron chi connectivity index (χ2n) is 6.72. The van der Waals surface area contributed by atoms with Crippen molar-refractivity contribution in [1.29, 1.82) is 0 Å². The lowest BCUT2D eigenvalue weighted by Crippen LogP contribution is -2.44. The van der Waals surface area contributed by atoms with Gasteiger partial charge in [-0.25, -0.2) is 4.68 Å². The molecule has 3 aromatic heterocycles. The van der Waals surface area contributed by atoms with Gasteiger partial charge in [-0.1, -0.05) is 28.6 Å². The normalized spacial score (nSPS) is 15.3. The number of hydrogen-bond acceptors (Lipinski definition) is 7. The lowest BCUT2D eigenvalue weighted by Gasteiger charge is -2.34. The Hall–Kier alpha value is -2.84. The lowest BCUT2D eigenvalue weighted by molar-refractivity contribution is 0.229. The third kappa shape index (κ3) is 2.68. The Balaban J connectivity index is 0.00000180. The largest absolute Gasteiger partial charge is 0.332 e. The summed E-state index contributed by atoms with van der Waals surface area (Å²) in [5.41, 5.74) is 8.88. The highest BCUT2D eigenvalue weighted by Gasteiger charge is 2.39. The van der Waals surface area contributed by atoms with Crippen molar-refractivity contribution < 1.29 is 4.52 Å². The summed E-state index contributed by atoms with van der Waals surface area (Å²) in [5, 5.41) is 13.6. The first-order valence-corrected chi connectivity index (χ1v) is 8.56. The highest BCUT2D eigenvalue weighted by atomic mass is 35.5. The molecular formula is C18H18ClN7O. The van der Waals surface area contributed by atoms with Crippen molar-refractivity contribution in [3.05, 3.63) is 48.0 Å². The average Bonchev–Trinajstić information content (AvgIpc) is 3.26. The maximum absolute atomic E-state index is 6.28. The van der Waals surface area contributed by atoms with Crippen LogP contribution in [0.3, 0.4) is 0 Å². The van der Waals surface area contributed by atoms with E-state index in [0.29, 0.717) is 17.4 Å². The van der Waals surface area contributed by atoms with E-state index in [1.54, 1.807) is 10.9 Å². The molecule has 5 rings (SSSR count). The van der Waals surface area contributed by atoms with Crippen LogP contribution in [-0.2, 0) is 5.54 Å². The molecule has 27 heavy (non-hydrogen) atoms. The summed E-state index contributed by atoms with van der Waals surface area (Å²) >= 11 is 0. The molecule has 8 nitrogen and oxygen atoms in total. The van der Waals surface area contributed by atoms with Crippen molar-refractivity contribution in [2.24, 2.45) is 5.73 Å². The molecule has 0 saturated heterocycles. The van der Waals surface area contributed by atoms with E-state index in [9.17, 15) is 0 Å². The quantitative estimate of drug-likeness (QED) is 0.579. The van der Waals surface area contributed by atoms with Crippen LogP contribution >= 0.6 is 12.4 Å². The summed E-state index contributed by atoms with van der Waals surface area (Å²) in [6.45, 7) is 1.92. The Morgan fingerprint density at radius 3 is 2.78 bits per heavy atom. The van der Waals surface area contributed by atoms with Gasteiger partial charge in [0.15, 0.2) is 11.5 Å². The standard InChI is InChI=1S/C18H17N7O.ClH/c1-11-14(16-21-17(23-26-16)18(19)8-4-9-18)22-24-25(11)13-7-2-5-12-6-3-10-20-15(12)13;/h2-3,5-7,10H,4,8-9,19H2,1H3;1H. The van der Waals surface area contributed by atoms with Gasteiger partial charge >= 0.3 is 0 Å². The van der Waals surface area contributed by atoms with Gasteiger partial charge in [-0.15, -0.1) is 17.5 Å². The molecule has 0 radical (unpaired) electrons. The molecule has 1 fully saturated rings. The Morgan fingerprint density at radius 2 is 2.00 bits per heavy atom. The number of para-hydroxylation sites is 1. The number of halogens is 1. The molecule has 0 spiro atoms. The van der Waals surface area contributed by atoms with Crippen LogP contribution in [0.1, 0.15) is 30.8 Å². The number of hydrogen-bond donors (Lipinski definition) is 1. The van der Waals surface area contributed by atoms with E-state index in [0.717, 1.165) is 41.5 Å². The van der Waals surface area contributed by atoms with Crippen molar-refractivity contribution >= 4 is 23.3 Å². The van der Waals surface area contributed by atoms with Crippen molar-refractivity contribution in [2.75, 3.05) is 0 Å². The zero-order valence-corrected chi connectivity index (χ0v) is 15.5. The fourth-order valence-electron chi connectivity index (χ4n) is 3.32. The van der Waals surface area contributed by atoms with E-state index in [4.69, 9.17) is 10.3 Å². The third-order valence-corrected chi connectivity index (χ3v) is 5.05. The Morgan fingerprint density at radius 1 is 1.19 bits per heavy atom. The lowest BCUT2D eigenvalue weighted by atomic mass is 9.77. The zero-order chi connectivity index (χ0) is 17.7. The maximum Gasteiger partial charge on any atom is 0.280 e. The smallest absolute Gasteiger partial charge is 0.280 e. The number of nitrogens with two attached hydrogens (primary N) is 1. The van der Waals surface area contributed by atoms with Gasteiger partial charge in [0.2, 0.25) is 0 Å². The number of aromatic nitrogens is 6. The molecule has 9 heteroatoms. The van der Waals surface area contributed by atoms with Crippen molar-refractivity contribution in [2.45, 2.75) is 31.7 Å². The SMILES string of the molecule is Cc1c(-c2nc(C3(N)CCC3)no2)nnn1-c1cccc2cccnc12.Cl. The third-order valence-electron chi connectivity index (χ3n) is 5.05. The minimum absolute atomic E-state index is 0. The van der Waals surface area contributed by atoms with Gasteiger partial charge in [-0.3, -0.25) is 4.98 Å². The minimum Gasteiger partial charge on any atom is -0.332 e. The molecule has 0 bridgehead atoms. The summed E-state index contributed by atoms with van der Waals surface area (Å²) in [4.78, 5) is 8.95. The Kier molecular flexibility index (Phi) is 4.16. The van der Waals surface area contributed by atoms with Crippen molar-refractivity contribution in [3.8, 4) is 17.3 Å². The molecule has 0 atom stereocenters. The van der Waals surface area contributed by atoms with Gasteiger partial charge in [-0.05, 0) is 38.3 Å². The molecule has 138 valence electrons. The first-order valence-electron chi connectivity index (χ1n) is 8.56. The van der Waals surface area contributed by atoms with Crippen LogP contribution in [0, 0.1) is 6.92 Å². The van der Waals surface area contributed by atoms with E-state index in [1.165, 1.54) is 0 Å². The van der Waals surface area contributed by atoms with Crippen LogP contribution in [0.2, 0.25) is 0 Å². The van der Waals surface area contributed by atoms with Crippen LogP contribution in [0.15, 0.2) is 41.1 Å². The molecule has 3 heterocycles. The van der Waals surface area contributed by atoms with Gasteiger partial charge < -0.3 is 10.3 Å². The molecule has 1 aromatic carbocycles. The Bertz CT molecular complexity index is 1110. The number of rotatable bonds is 3. The molecule has 1 aliphatic rings. The monoisotopic (exact) mass is 383 g/mol. The van der Waals surface area contributed by atoms with Gasteiger partial charge in [0.1, 0.15) is 0 Å². The predicted octanol–water partition coefficient (Wildman–Crippen LogP) is 2.93. The number of benzene rings is 1. The van der Waals surface area contributed by atoms with Crippen LogP contribution in [-0.4, -0.2) is 30.1 Å². The zero-order valence-electron chi connectivity index (χ0n) is 14.7. The van der Waals surface area contributed by atoms with Crippen LogP contribution < -0.4 is 5.73 Å². The Labute approximate surface area is 161 Å². The van der Waals surface area contributed by atoms with Gasteiger partial charge in [-0.2, -0.15) is 4.98 Å². The first kappa shape index (κ1) is 17.6. The van der Waals surface area contributed by atoms with Gasteiger partial charge in [0, 0.05) is 11.6 Å². The predicted molar refractivity (Wildman–Crippen MR) is 102 cm³/mol. The second-order valence-corrected chi connectivity index (χ2v) is 6.72. The van der Waals surface area contributed by atoms with Crippen LogP contribution in [0.4, 0.5) is 0 Å². The van der Waals surface area contributed by atoms with E-state index in [1.807, 2.05) is 37.3 Å². The number of fused-ring (bicyclic) bond motifs is 1. The van der Waals surface area contributed by atoms with Gasteiger partial charge in [0.05, 0.1) is 22.4 Å². The molecule has 0 aliphatic heterocycles. The van der Waals surface area contributed by atoms with E-state index in [-0.39, 0.29) is 12.4 Å². The van der Waals surface area contributed by atoms with Crippen molar-refractivity contribution in [3.63, 3.8) is 0 Å². The summed E-state index contributed by atoms with van der Waals surface area (Å²) < 4.78 is 7.16. The molecule has 1 aliphatic carbocycles. The topological polar surface area (TPSA) is 109 Å². The summed E-state index contributed by atoms with van der Waals surface area (Å²) in [5.74, 6) is 0.883. The molecule has 1 saturated carbocycles. The van der Waals surface area contributed by atoms with E-state index >= 15 is 0 Å². The minimum atomic E-state index is -0.467. The first-order chi connectivity index (χ1) is 12.7. The number of nitrogens with zero attached hydrogens (tertiary/aromatic N) is 6. The van der Waals surface area contributed by atoms with E-state index < -0.39 is 5.54 Å².